The Balaban J connectivity index is 1.32. The van der Waals surface area contributed by atoms with Gasteiger partial charge in [-0.15, -0.1) is 16.9 Å². The number of nitrogens with one attached hydrogen (secondary N) is 1. The Bertz CT molecular complexity index is 1480. The van der Waals surface area contributed by atoms with E-state index in [9.17, 15) is 4.79 Å². The van der Waals surface area contributed by atoms with E-state index in [1.807, 2.05) is 61.8 Å². The van der Waals surface area contributed by atoms with Crippen LogP contribution in [-0.4, -0.2) is 32.1 Å². The van der Waals surface area contributed by atoms with Crippen molar-refractivity contribution in [2.75, 3.05) is 6.26 Å². The standard InChI is InChI=1S/C28H25N5OS/c1-19(20-9-11-25(35-2)12-10-20)30-28(34)26-6-4-3-5-24(26)17-33-18-27(31-32-33)22-7-8-23-16-29-14-13-21(23)15-22/h3-16,18-19H,17H2,1-2H3,(H,30,34)/t19-/m0/s1. The maximum Gasteiger partial charge on any atom is 0.252 e. The second kappa shape index (κ2) is 10.1. The molecule has 1 N–H and O–H groups in total. The van der Waals surface area contributed by atoms with Crippen LogP contribution in [0.3, 0.4) is 0 Å². The third-order valence-corrected chi connectivity index (χ3v) is 6.78. The Labute approximate surface area is 208 Å². The highest BCUT2D eigenvalue weighted by Gasteiger charge is 2.16. The third-order valence-electron chi connectivity index (χ3n) is 6.03. The molecule has 2 aromatic heterocycles. The van der Waals surface area contributed by atoms with Crippen LogP contribution in [0.4, 0.5) is 0 Å². The van der Waals surface area contributed by atoms with E-state index in [1.165, 1.54) is 4.90 Å². The van der Waals surface area contributed by atoms with Crippen LogP contribution in [0.2, 0.25) is 0 Å². The van der Waals surface area contributed by atoms with E-state index in [0.29, 0.717) is 12.1 Å². The molecule has 5 rings (SSSR count). The van der Waals surface area contributed by atoms with E-state index in [2.05, 4.69) is 57.2 Å². The van der Waals surface area contributed by atoms with Gasteiger partial charge in [0.25, 0.3) is 5.91 Å². The lowest BCUT2D eigenvalue weighted by atomic mass is 10.0. The van der Waals surface area contributed by atoms with Crippen LogP contribution in [0.25, 0.3) is 22.0 Å². The van der Waals surface area contributed by atoms with Crippen LogP contribution in [0.5, 0.6) is 0 Å². The minimum Gasteiger partial charge on any atom is -0.346 e. The van der Waals surface area contributed by atoms with Crippen molar-refractivity contribution in [1.29, 1.82) is 0 Å². The second-order valence-electron chi connectivity index (χ2n) is 8.36. The van der Waals surface area contributed by atoms with Gasteiger partial charge in [0.1, 0.15) is 5.69 Å². The summed E-state index contributed by atoms with van der Waals surface area (Å²) in [5.74, 6) is -0.106. The maximum atomic E-state index is 13.1. The molecule has 7 heteroatoms. The van der Waals surface area contributed by atoms with Gasteiger partial charge in [-0.3, -0.25) is 9.78 Å². The fourth-order valence-corrected chi connectivity index (χ4v) is 4.46. The number of aromatic nitrogens is 4. The molecule has 0 aliphatic carbocycles. The first-order chi connectivity index (χ1) is 17.1. The SMILES string of the molecule is CSc1ccc([C@H](C)NC(=O)c2ccccc2Cn2cc(-c3ccc4cnccc4c3)nn2)cc1. The van der Waals surface area contributed by atoms with Gasteiger partial charge >= 0.3 is 0 Å². The zero-order valence-corrected chi connectivity index (χ0v) is 20.4. The highest BCUT2D eigenvalue weighted by Crippen LogP contribution is 2.23. The molecule has 174 valence electrons. The van der Waals surface area contributed by atoms with Gasteiger partial charge in [-0.05, 0) is 60.0 Å². The number of pyridine rings is 1. The summed E-state index contributed by atoms with van der Waals surface area (Å²) in [7, 11) is 0. The largest absolute Gasteiger partial charge is 0.346 e. The summed E-state index contributed by atoms with van der Waals surface area (Å²) < 4.78 is 1.77. The Hall–Kier alpha value is -3.97. The molecule has 0 radical (unpaired) electrons. The number of hydrogen-bond donors (Lipinski definition) is 1. The molecule has 0 aliphatic rings. The molecule has 0 bridgehead atoms. The number of benzene rings is 3. The van der Waals surface area contributed by atoms with Gasteiger partial charge < -0.3 is 5.32 Å². The maximum absolute atomic E-state index is 13.1. The first-order valence-electron chi connectivity index (χ1n) is 11.4. The van der Waals surface area contributed by atoms with Gasteiger partial charge in [-0.1, -0.05) is 47.7 Å². The van der Waals surface area contributed by atoms with Crippen molar-refractivity contribution in [2.24, 2.45) is 0 Å². The van der Waals surface area contributed by atoms with Crippen LogP contribution < -0.4 is 5.32 Å². The van der Waals surface area contributed by atoms with Crippen molar-refractivity contribution in [3.05, 3.63) is 108 Å². The van der Waals surface area contributed by atoms with E-state index < -0.39 is 0 Å². The van der Waals surface area contributed by atoms with E-state index in [4.69, 9.17) is 0 Å². The fraction of sp³-hybridized carbons (Fsp3) is 0.143. The Morgan fingerprint density at radius 2 is 1.86 bits per heavy atom. The normalized spacial score (nSPS) is 11.9. The van der Waals surface area contributed by atoms with Crippen LogP contribution in [0.1, 0.15) is 34.5 Å². The average Bonchev–Trinajstić information content (AvgIpc) is 3.37. The predicted molar refractivity (Wildman–Crippen MR) is 140 cm³/mol. The highest BCUT2D eigenvalue weighted by atomic mass is 32.2. The monoisotopic (exact) mass is 479 g/mol. The summed E-state index contributed by atoms with van der Waals surface area (Å²) in [6.07, 6.45) is 7.59. The summed E-state index contributed by atoms with van der Waals surface area (Å²) in [6.45, 7) is 2.45. The Kier molecular flexibility index (Phi) is 6.59. The highest BCUT2D eigenvalue weighted by molar-refractivity contribution is 7.98. The fourth-order valence-electron chi connectivity index (χ4n) is 4.06. The lowest BCUT2D eigenvalue weighted by Crippen LogP contribution is -2.27. The Morgan fingerprint density at radius 3 is 2.69 bits per heavy atom. The van der Waals surface area contributed by atoms with Crippen molar-refractivity contribution < 1.29 is 4.79 Å². The number of rotatable bonds is 7. The van der Waals surface area contributed by atoms with E-state index in [1.54, 1.807) is 22.6 Å². The number of hydrogen-bond acceptors (Lipinski definition) is 5. The van der Waals surface area contributed by atoms with Crippen LogP contribution in [0, 0.1) is 0 Å². The minimum absolute atomic E-state index is 0.104. The predicted octanol–water partition coefficient (Wildman–Crippen LogP) is 5.75. The molecule has 0 aliphatic heterocycles. The summed E-state index contributed by atoms with van der Waals surface area (Å²) in [6, 6.07) is 23.9. The summed E-state index contributed by atoms with van der Waals surface area (Å²) in [5, 5.41) is 14.0. The Morgan fingerprint density at radius 1 is 1.03 bits per heavy atom. The molecule has 3 aromatic carbocycles. The van der Waals surface area contributed by atoms with Crippen LogP contribution in [0.15, 0.2) is 96.3 Å². The third kappa shape index (κ3) is 5.10. The average molecular weight is 480 g/mol. The molecule has 1 atom stereocenters. The van der Waals surface area contributed by atoms with Crippen LogP contribution >= 0.6 is 11.8 Å². The lowest BCUT2D eigenvalue weighted by Gasteiger charge is -2.16. The number of carbonyl (C=O) groups is 1. The molecule has 35 heavy (non-hydrogen) atoms. The molecule has 0 saturated heterocycles. The molecule has 6 nitrogen and oxygen atoms in total. The van der Waals surface area contributed by atoms with Gasteiger partial charge in [0.15, 0.2) is 0 Å². The molecular formula is C28H25N5OS. The van der Waals surface area contributed by atoms with Gasteiger partial charge in [0.2, 0.25) is 0 Å². The van der Waals surface area contributed by atoms with E-state index in [-0.39, 0.29) is 11.9 Å². The van der Waals surface area contributed by atoms with E-state index in [0.717, 1.165) is 33.2 Å². The molecular weight excluding hydrogens is 454 g/mol. The lowest BCUT2D eigenvalue weighted by molar-refractivity contribution is 0.0938. The van der Waals surface area contributed by atoms with Crippen molar-refractivity contribution in [3.63, 3.8) is 0 Å². The molecule has 0 unspecified atom stereocenters. The quantitative estimate of drug-likeness (QED) is 0.301. The molecule has 5 aromatic rings. The summed E-state index contributed by atoms with van der Waals surface area (Å²) in [5.41, 5.74) is 4.36. The number of nitrogens with zero attached hydrogens (tertiary/aromatic N) is 4. The van der Waals surface area contributed by atoms with Crippen molar-refractivity contribution >= 4 is 28.4 Å². The van der Waals surface area contributed by atoms with Gasteiger partial charge in [-0.25, -0.2) is 4.68 Å². The van der Waals surface area contributed by atoms with E-state index >= 15 is 0 Å². The summed E-state index contributed by atoms with van der Waals surface area (Å²) >= 11 is 1.70. The molecule has 1 amide bonds. The number of thioether (sulfide) groups is 1. The second-order valence-corrected chi connectivity index (χ2v) is 9.24. The molecule has 0 spiro atoms. The zero-order chi connectivity index (χ0) is 24.2. The smallest absolute Gasteiger partial charge is 0.252 e. The number of amides is 1. The zero-order valence-electron chi connectivity index (χ0n) is 19.6. The van der Waals surface area contributed by atoms with Gasteiger partial charge in [0.05, 0.1) is 18.8 Å². The van der Waals surface area contributed by atoms with Crippen molar-refractivity contribution in [3.8, 4) is 11.3 Å². The van der Waals surface area contributed by atoms with Gasteiger partial charge in [0, 0.05) is 33.8 Å². The molecule has 2 heterocycles. The van der Waals surface area contributed by atoms with Crippen molar-refractivity contribution in [2.45, 2.75) is 24.4 Å². The first-order valence-corrected chi connectivity index (χ1v) is 12.6. The number of fused-ring (bicyclic) bond motifs is 1. The van der Waals surface area contributed by atoms with Gasteiger partial charge in [-0.2, -0.15) is 0 Å². The first kappa shape index (κ1) is 22.8. The molecule has 0 saturated carbocycles. The number of carbonyl (C=O) groups excluding carboxylic acids is 1. The topological polar surface area (TPSA) is 72.7 Å². The summed E-state index contributed by atoms with van der Waals surface area (Å²) in [4.78, 5) is 18.5. The minimum atomic E-state index is -0.106. The van der Waals surface area contributed by atoms with Crippen molar-refractivity contribution in [1.82, 2.24) is 25.3 Å². The van der Waals surface area contributed by atoms with Crippen LogP contribution in [-0.2, 0) is 6.54 Å². The molecule has 0 fully saturated rings.